The van der Waals surface area contributed by atoms with Gasteiger partial charge in [-0.25, -0.2) is 0 Å². The minimum atomic E-state index is 0.933. The molecule has 2 heterocycles. The first-order valence-electron chi connectivity index (χ1n) is 12.9. The second-order valence-electron chi connectivity index (χ2n) is 10.1. The molecule has 1 N–H and O–H groups in total. The van der Waals surface area contributed by atoms with Gasteiger partial charge in [0.25, 0.3) is 0 Å². The molecule has 0 saturated carbocycles. The Labute approximate surface area is 209 Å². The van der Waals surface area contributed by atoms with E-state index in [9.17, 15) is 0 Å². The topological polar surface area (TPSA) is 28.9 Å². The van der Waals surface area contributed by atoms with Crippen molar-refractivity contribution in [2.45, 2.75) is 25.7 Å². The van der Waals surface area contributed by atoms with Crippen LogP contribution < -0.4 is 0 Å². The SMILES string of the molecule is c1ccc2c(c1)oc1c(-c3ccc4[nH]c5ccc(-c6ccc7c(c6)CCCC7)cc5c4c3)cccc12. The number of aryl methyl sites for hydroxylation is 2. The van der Waals surface area contributed by atoms with E-state index in [4.69, 9.17) is 4.42 Å². The fraction of sp³-hybridized carbons (Fsp3) is 0.118. The quantitative estimate of drug-likeness (QED) is 0.272. The highest BCUT2D eigenvalue weighted by atomic mass is 16.3. The third-order valence-corrected chi connectivity index (χ3v) is 8.00. The van der Waals surface area contributed by atoms with Gasteiger partial charge in [-0.15, -0.1) is 0 Å². The van der Waals surface area contributed by atoms with Crippen molar-refractivity contribution in [3.8, 4) is 22.3 Å². The maximum atomic E-state index is 6.33. The first-order valence-corrected chi connectivity index (χ1v) is 12.9. The van der Waals surface area contributed by atoms with E-state index in [1.54, 1.807) is 0 Å². The fourth-order valence-electron chi connectivity index (χ4n) is 6.13. The Bertz CT molecular complexity index is 1950. The van der Waals surface area contributed by atoms with Gasteiger partial charge in [0.1, 0.15) is 11.2 Å². The van der Waals surface area contributed by atoms with Crippen LogP contribution in [0.15, 0.2) is 101 Å². The Hall–Kier alpha value is -4.30. The lowest BCUT2D eigenvalue weighted by Gasteiger charge is -2.16. The van der Waals surface area contributed by atoms with Crippen molar-refractivity contribution >= 4 is 43.7 Å². The smallest absolute Gasteiger partial charge is 0.143 e. The minimum absolute atomic E-state index is 0.933. The average Bonchev–Trinajstić information content (AvgIpc) is 3.50. The van der Waals surface area contributed by atoms with Crippen LogP contribution in [0.3, 0.4) is 0 Å². The Morgan fingerprint density at radius 1 is 0.528 bits per heavy atom. The molecular formula is C34H25NO. The first kappa shape index (κ1) is 19.9. The van der Waals surface area contributed by atoms with Crippen LogP contribution in [0.25, 0.3) is 66.0 Å². The minimum Gasteiger partial charge on any atom is -0.455 e. The van der Waals surface area contributed by atoms with Crippen molar-refractivity contribution in [1.29, 1.82) is 0 Å². The molecule has 0 aliphatic heterocycles. The summed E-state index contributed by atoms with van der Waals surface area (Å²) in [5.74, 6) is 0. The number of rotatable bonds is 2. The zero-order valence-corrected chi connectivity index (χ0v) is 20.0. The zero-order valence-electron chi connectivity index (χ0n) is 20.0. The second-order valence-corrected chi connectivity index (χ2v) is 10.1. The van der Waals surface area contributed by atoms with Crippen LogP contribution in [0.5, 0.6) is 0 Å². The van der Waals surface area contributed by atoms with Crippen molar-refractivity contribution in [2.75, 3.05) is 0 Å². The molecule has 0 saturated heterocycles. The summed E-state index contributed by atoms with van der Waals surface area (Å²) in [5.41, 5.74) is 12.2. The Balaban J connectivity index is 1.30. The number of benzene rings is 5. The second kappa shape index (κ2) is 7.60. The first-order chi connectivity index (χ1) is 17.8. The summed E-state index contributed by atoms with van der Waals surface area (Å²) in [6.07, 6.45) is 5.05. The molecule has 36 heavy (non-hydrogen) atoms. The van der Waals surface area contributed by atoms with Crippen molar-refractivity contribution < 1.29 is 4.42 Å². The average molecular weight is 464 g/mol. The van der Waals surface area contributed by atoms with E-state index >= 15 is 0 Å². The molecular weight excluding hydrogens is 438 g/mol. The molecule has 1 aliphatic carbocycles. The van der Waals surface area contributed by atoms with E-state index in [1.165, 1.54) is 69.8 Å². The molecule has 172 valence electrons. The lowest BCUT2D eigenvalue weighted by Crippen LogP contribution is -2.02. The van der Waals surface area contributed by atoms with Gasteiger partial charge in [0.2, 0.25) is 0 Å². The van der Waals surface area contributed by atoms with Gasteiger partial charge in [-0.1, -0.05) is 66.7 Å². The van der Waals surface area contributed by atoms with Gasteiger partial charge >= 0.3 is 0 Å². The summed E-state index contributed by atoms with van der Waals surface area (Å²) in [6, 6.07) is 35.3. The number of aromatic amines is 1. The number of para-hydroxylation sites is 2. The van der Waals surface area contributed by atoms with Gasteiger partial charge < -0.3 is 9.40 Å². The molecule has 5 aromatic carbocycles. The third-order valence-electron chi connectivity index (χ3n) is 8.00. The van der Waals surface area contributed by atoms with Gasteiger partial charge in [-0.2, -0.15) is 0 Å². The molecule has 0 atom stereocenters. The van der Waals surface area contributed by atoms with Gasteiger partial charge in [-0.3, -0.25) is 0 Å². The molecule has 1 aliphatic rings. The van der Waals surface area contributed by atoms with E-state index in [0.717, 1.165) is 33.0 Å². The Morgan fingerprint density at radius 2 is 1.22 bits per heavy atom. The molecule has 0 radical (unpaired) electrons. The molecule has 0 unspecified atom stereocenters. The van der Waals surface area contributed by atoms with E-state index in [1.807, 2.05) is 12.1 Å². The van der Waals surface area contributed by atoms with Crippen molar-refractivity contribution in [2.24, 2.45) is 0 Å². The monoisotopic (exact) mass is 463 g/mol. The molecule has 7 aromatic rings. The summed E-state index contributed by atoms with van der Waals surface area (Å²) in [6.45, 7) is 0. The molecule has 2 heteroatoms. The van der Waals surface area contributed by atoms with Crippen LogP contribution in [0.4, 0.5) is 0 Å². The highest BCUT2D eigenvalue weighted by Gasteiger charge is 2.15. The van der Waals surface area contributed by atoms with Gasteiger partial charge in [0.05, 0.1) is 0 Å². The number of nitrogens with one attached hydrogen (secondary N) is 1. The number of aromatic nitrogens is 1. The highest BCUT2D eigenvalue weighted by Crippen LogP contribution is 2.38. The maximum absolute atomic E-state index is 6.33. The summed E-state index contributed by atoms with van der Waals surface area (Å²) in [7, 11) is 0. The van der Waals surface area contributed by atoms with Crippen LogP contribution in [0.1, 0.15) is 24.0 Å². The zero-order chi connectivity index (χ0) is 23.6. The van der Waals surface area contributed by atoms with E-state index in [-0.39, 0.29) is 0 Å². The molecule has 0 spiro atoms. The van der Waals surface area contributed by atoms with Crippen molar-refractivity contribution in [3.05, 3.63) is 108 Å². The predicted molar refractivity (Wildman–Crippen MR) is 151 cm³/mol. The molecule has 0 bridgehead atoms. The van der Waals surface area contributed by atoms with Gasteiger partial charge in [0, 0.05) is 38.1 Å². The summed E-state index contributed by atoms with van der Waals surface area (Å²) in [4.78, 5) is 3.62. The molecule has 2 nitrogen and oxygen atoms in total. The molecule has 0 amide bonds. The van der Waals surface area contributed by atoms with E-state index in [2.05, 4.69) is 89.9 Å². The van der Waals surface area contributed by atoms with E-state index < -0.39 is 0 Å². The standard InChI is InChI=1S/C34H25NO/c1-2-7-22-18-23(13-12-21(22)6-1)24-14-16-31-29(19-24)30-20-25(15-17-32(30)35-31)26-9-5-10-28-27-8-3-4-11-33(27)36-34(26)28/h3-5,8-20,35H,1-2,6-7H2. The normalized spacial score (nSPS) is 13.7. The lowest BCUT2D eigenvalue weighted by molar-refractivity contribution is 0.670. The third kappa shape index (κ3) is 2.97. The van der Waals surface area contributed by atoms with Crippen LogP contribution in [0, 0.1) is 0 Å². The number of furan rings is 1. The fourth-order valence-corrected chi connectivity index (χ4v) is 6.13. The molecule has 0 fully saturated rings. The Kier molecular flexibility index (Phi) is 4.21. The lowest BCUT2D eigenvalue weighted by atomic mass is 9.89. The Morgan fingerprint density at radius 3 is 2.11 bits per heavy atom. The summed E-state index contributed by atoms with van der Waals surface area (Å²) < 4.78 is 6.33. The molecule has 2 aromatic heterocycles. The summed E-state index contributed by atoms with van der Waals surface area (Å²) in [5, 5.41) is 4.84. The van der Waals surface area contributed by atoms with Gasteiger partial charge in [-0.05, 0) is 83.8 Å². The highest BCUT2D eigenvalue weighted by molar-refractivity contribution is 6.12. The van der Waals surface area contributed by atoms with Crippen molar-refractivity contribution in [3.63, 3.8) is 0 Å². The number of hydrogen-bond donors (Lipinski definition) is 1. The predicted octanol–water partition coefficient (Wildman–Crippen LogP) is 9.43. The van der Waals surface area contributed by atoms with Crippen LogP contribution in [-0.4, -0.2) is 4.98 Å². The summed E-state index contributed by atoms with van der Waals surface area (Å²) >= 11 is 0. The van der Waals surface area contributed by atoms with E-state index in [0.29, 0.717) is 0 Å². The maximum Gasteiger partial charge on any atom is 0.143 e. The van der Waals surface area contributed by atoms with Crippen LogP contribution in [0.2, 0.25) is 0 Å². The van der Waals surface area contributed by atoms with Crippen LogP contribution in [-0.2, 0) is 12.8 Å². The van der Waals surface area contributed by atoms with Gasteiger partial charge in [0.15, 0.2) is 0 Å². The van der Waals surface area contributed by atoms with Crippen molar-refractivity contribution in [1.82, 2.24) is 4.98 Å². The molecule has 8 rings (SSSR count). The largest absolute Gasteiger partial charge is 0.455 e. The van der Waals surface area contributed by atoms with Crippen LogP contribution >= 0.6 is 0 Å². The number of H-pyrrole nitrogens is 1. The number of fused-ring (bicyclic) bond motifs is 7. The number of hydrogen-bond acceptors (Lipinski definition) is 1.